The smallest absolute Gasteiger partial charge is 0.214 e. The minimum absolute atomic E-state index is 0.0331. The molecule has 0 spiro atoms. The number of ketones is 1. The molecule has 1 N–H and O–H groups in total. The molecule has 3 atom stereocenters. The third kappa shape index (κ3) is 2.58. The van der Waals surface area contributed by atoms with Crippen molar-refractivity contribution in [3.8, 4) is 0 Å². The van der Waals surface area contributed by atoms with Gasteiger partial charge in [-0.25, -0.2) is 0 Å². The van der Waals surface area contributed by atoms with Crippen LogP contribution in [-0.4, -0.2) is 23.6 Å². The van der Waals surface area contributed by atoms with Crippen molar-refractivity contribution in [2.24, 2.45) is 5.10 Å². The number of rotatable bonds is 4. The lowest BCUT2D eigenvalue weighted by molar-refractivity contribution is -0.117. The van der Waals surface area contributed by atoms with Crippen LogP contribution in [0.1, 0.15) is 30.1 Å². The zero-order valence-electron chi connectivity index (χ0n) is 13.2. The number of ether oxygens (including phenoxy) is 1. The van der Waals surface area contributed by atoms with Gasteiger partial charge in [0.15, 0.2) is 5.60 Å². The van der Waals surface area contributed by atoms with Crippen LogP contribution in [0.4, 0.5) is 0 Å². The van der Waals surface area contributed by atoms with Crippen LogP contribution >= 0.6 is 15.9 Å². The largest absolute Gasteiger partial charge is 0.352 e. The quantitative estimate of drug-likeness (QED) is 0.819. The normalized spacial score (nSPS) is 28.2. The van der Waals surface area contributed by atoms with Crippen molar-refractivity contribution in [1.29, 1.82) is 0 Å². The molecule has 0 radical (unpaired) electrons. The highest BCUT2D eigenvalue weighted by Gasteiger charge is 2.61. The van der Waals surface area contributed by atoms with Crippen LogP contribution in [0.5, 0.6) is 0 Å². The van der Waals surface area contributed by atoms with E-state index in [-0.39, 0.29) is 17.8 Å². The van der Waals surface area contributed by atoms with Crippen molar-refractivity contribution in [3.63, 3.8) is 0 Å². The van der Waals surface area contributed by atoms with E-state index in [1.807, 2.05) is 61.5 Å². The van der Waals surface area contributed by atoms with Gasteiger partial charge in [0.25, 0.3) is 0 Å². The first kappa shape index (κ1) is 15.5. The number of hydrogen-bond donors (Lipinski definition) is 1. The molecule has 2 aromatic rings. The van der Waals surface area contributed by atoms with Gasteiger partial charge in [-0.2, -0.15) is 5.10 Å². The van der Waals surface area contributed by atoms with Gasteiger partial charge in [0.1, 0.15) is 11.8 Å². The Kier molecular flexibility index (Phi) is 3.77. The Balaban J connectivity index is 1.57. The van der Waals surface area contributed by atoms with Crippen molar-refractivity contribution in [1.82, 2.24) is 5.43 Å². The first-order valence-corrected chi connectivity index (χ1v) is 8.72. The molecule has 2 aromatic carbocycles. The molecular formula is C19H17BrN2O2. The number of benzene rings is 2. The predicted molar refractivity (Wildman–Crippen MR) is 96.0 cm³/mol. The van der Waals surface area contributed by atoms with Crippen molar-refractivity contribution < 1.29 is 9.53 Å². The van der Waals surface area contributed by atoms with Crippen molar-refractivity contribution in [2.45, 2.75) is 24.5 Å². The number of epoxide rings is 1. The summed E-state index contributed by atoms with van der Waals surface area (Å²) in [5, 5.41) is 4.28. The fourth-order valence-corrected chi connectivity index (χ4v) is 3.49. The van der Waals surface area contributed by atoms with Crippen molar-refractivity contribution >= 4 is 27.4 Å². The van der Waals surface area contributed by atoms with Gasteiger partial charge < -0.3 is 10.2 Å². The molecule has 0 unspecified atom stereocenters. The molecule has 5 heteroatoms. The van der Waals surface area contributed by atoms with Gasteiger partial charge in [0.05, 0.1) is 5.92 Å². The molecule has 0 saturated carbocycles. The van der Waals surface area contributed by atoms with E-state index in [9.17, 15) is 4.79 Å². The molecule has 2 aliphatic heterocycles. The number of hydrogen-bond acceptors (Lipinski definition) is 4. The number of nitrogens with zero attached hydrogens (tertiary/aromatic N) is 1. The van der Waals surface area contributed by atoms with Crippen LogP contribution in [0.2, 0.25) is 0 Å². The topological polar surface area (TPSA) is 54.0 Å². The molecule has 2 heterocycles. The standard InChI is InChI=1S/C19H17BrN2O2/c1-19(18(24-19)13-5-3-2-4-6-13)17(23)16-15(11-21-22-16)12-7-9-14(20)10-8-12/h2-10,15,18,21H,11H2,1H3/t15-,18+,19+/m1/s1. The van der Waals surface area contributed by atoms with E-state index < -0.39 is 5.60 Å². The van der Waals surface area contributed by atoms with E-state index in [1.54, 1.807) is 0 Å². The summed E-state index contributed by atoms with van der Waals surface area (Å²) in [6.07, 6.45) is -0.194. The van der Waals surface area contributed by atoms with Gasteiger partial charge in [-0.15, -0.1) is 0 Å². The van der Waals surface area contributed by atoms with Crippen LogP contribution in [0.3, 0.4) is 0 Å². The highest BCUT2D eigenvalue weighted by Crippen LogP contribution is 2.50. The van der Waals surface area contributed by atoms with Crippen molar-refractivity contribution in [2.75, 3.05) is 6.54 Å². The summed E-state index contributed by atoms with van der Waals surface area (Å²) in [5.74, 6) is -0.0719. The Morgan fingerprint density at radius 3 is 2.58 bits per heavy atom. The molecule has 0 aromatic heterocycles. The molecule has 0 bridgehead atoms. The second-order valence-electron chi connectivity index (χ2n) is 6.31. The lowest BCUT2D eigenvalue weighted by atomic mass is 9.86. The molecule has 2 aliphatic rings. The van der Waals surface area contributed by atoms with Crippen LogP contribution < -0.4 is 5.43 Å². The van der Waals surface area contributed by atoms with E-state index in [1.165, 1.54) is 0 Å². The van der Waals surface area contributed by atoms with Gasteiger partial charge in [0, 0.05) is 11.0 Å². The minimum Gasteiger partial charge on any atom is -0.352 e. The third-order valence-electron chi connectivity index (χ3n) is 4.69. The first-order chi connectivity index (χ1) is 11.6. The fraction of sp³-hybridized carbons (Fsp3) is 0.263. The summed E-state index contributed by atoms with van der Waals surface area (Å²) < 4.78 is 6.82. The Morgan fingerprint density at radius 1 is 1.17 bits per heavy atom. The van der Waals surface area contributed by atoms with Crippen LogP contribution in [-0.2, 0) is 9.53 Å². The summed E-state index contributed by atoms with van der Waals surface area (Å²) >= 11 is 3.44. The molecule has 1 fully saturated rings. The van der Waals surface area contributed by atoms with E-state index >= 15 is 0 Å². The number of Topliss-reactive ketones (excluding diaryl/α,β-unsaturated/α-hetero) is 1. The van der Waals surface area contributed by atoms with Gasteiger partial charge in [-0.3, -0.25) is 4.79 Å². The molecular weight excluding hydrogens is 368 g/mol. The molecule has 24 heavy (non-hydrogen) atoms. The first-order valence-electron chi connectivity index (χ1n) is 7.93. The number of carbonyl (C=O) groups excluding carboxylic acids is 1. The second-order valence-corrected chi connectivity index (χ2v) is 7.22. The summed E-state index contributed by atoms with van der Waals surface area (Å²) in [5.41, 5.74) is 4.81. The fourth-order valence-electron chi connectivity index (χ4n) is 3.23. The summed E-state index contributed by atoms with van der Waals surface area (Å²) in [4.78, 5) is 13.1. The van der Waals surface area contributed by atoms with Crippen LogP contribution in [0.25, 0.3) is 0 Å². The van der Waals surface area contributed by atoms with Crippen LogP contribution in [0.15, 0.2) is 64.2 Å². The maximum Gasteiger partial charge on any atom is 0.214 e. The van der Waals surface area contributed by atoms with Gasteiger partial charge in [-0.05, 0) is 30.2 Å². The maximum absolute atomic E-state index is 13.1. The van der Waals surface area contributed by atoms with Gasteiger partial charge in [0.2, 0.25) is 5.78 Å². The van der Waals surface area contributed by atoms with E-state index in [0.717, 1.165) is 15.6 Å². The minimum atomic E-state index is -0.820. The average Bonchev–Trinajstić information content (AvgIpc) is 3.08. The second kappa shape index (κ2) is 5.83. The highest BCUT2D eigenvalue weighted by atomic mass is 79.9. The zero-order chi connectivity index (χ0) is 16.7. The van der Waals surface area contributed by atoms with E-state index in [0.29, 0.717) is 12.3 Å². The molecule has 1 saturated heterocycles. The summed E-state index contributed by atoms with van der Waals surface area (Å²) in [6.45, 7) is 2.49. The Hall–Kier alpha value is -1.98. The van der Waals surface area contributed by atoms with E-state index in [4.69, 9.17) is 4.74 Å². The SMILES string of the molecule is C[C@@]1(C(=O)C2=NNC[C@@H]2c2ccc(Br)cc2)O[C@H]1c1ccccc1. The molecule has 0 amide bonds. The predicted octanol–water partition coefficient (Wildman–Crippen LogP) is 3.59. The lowest BCUT2D eigenvalue weighted by Gasteiger charge is -2.13. The number of hydrazone groups is 1. The van der Waals surface area contributed by atoms with Gasteiger partial charge >= 0.3 is 0 Å². The number of halogens is 1. The van der Waals surface area contributed by atoms with E-state index in [2.05, 4.69) is 26.5 Å². The van der Waals surface area contributed by atoms with Gasteiger partial charge in [-0.1, -0.05) is 58.4 Å². The Bertz CT molecular complexity index is 804. The maximum atomic E-state index is 13.1. The van der Waals surface area contributed by atoms with Crippen LogP contribution in [0, 0.1) is 0 Å². The summed E-state index contributed by atoms with van der Waals surface area (Å²) in [6, 6.07) is 17.9. The highest BCUT2D eigenvalue weighted by molar-refractivity contribution is 9.10. The zero-order valence-corrected chi connectivity index (χ0v) is 14.8. The molecule has 4 rings (SSSR count). The monoisotopic (exact) mass is 384 g/mol. The Morgan fingerprint density at radius 2 is 1.88 bits per heavy atom. The molecule has 4 nitrogen and oxygen atoms in total. The molecule has 122 valence electrons. The third-order valence-corrected chi connectivity index (χ3v) is 5.22. The summed E-state index contributed by atoms with van der Waals surface area (Å²) in [7, 11) is 0. The molecule has 0 aliphatic carbocycles. The number of nitrogens with one attached hydrogen (secondary N) is 1. The number of carbonyl (C=O) groups is 1. The van der Waals surface area contributed by atoms with Crippen molar-refractivity contribution in [3.05, 3.63) is 70.2 Å². The Labute approximate surface area is 149 Å². The average molecular weight is 385 g/mol. The lowest BCUT2D eigenvalue weighted by Crippen LogP contribution is -2.32.